The molecule has 15 heavy (non-hydrogen) atoms. The zero-order valence-electron chi connectivity index (χ0n) is 9.25. The summed E-state index contributed by atoms with van der Waals surface area (Å²) in [6, 6.07) is 0. The van der Waals surface area contributed by atoms with Crippen LogP contribution in [0, 0.1) is 0 Å². The van der Waals surface area contributed by atoms with Crippen LogP contribution in [0.1, 0.15) is 25.7 Å². The van der Waals surface area contributed by atoms with Crippen LogP contribution in [0.2, 0.25) is 0 Å². The Labute approximate surface area is 97.5 Å². The first kappa shape index (κ1) is 14.7. The Kier molecular flexibility index (Phi) is 8.76. The second kappa shape index (κ2) is 8.95. The van der Waals surface area contributed by atoms with Gasteiger partial charge in [-0.15, -0.1) is 12.4 Å². The van der Waals surface area contributed by atoms with Crippen LogP contribution in [0.5, 0.6) is 0 Å². The molecule has 0 bridgehead atoms. The van der Waals surface area contributed by atoms with Crippen LogP contribution in [0.15, 0.2) is 0 Å². The molecule has 0 spiro atoms. The maximum Gasteiger partial charge on any atom is 0.222 e. The maximum atomic E-state index is 11.4. The van der Waals surface area contributed by atoms with Gasteiger partial charge in [-0.1, -0.05) is 0 Å². The second-order valence-electron chi connectivity index (χ2n) is 3.65. The van der Waals surface area contributed by atoms with Gasteiger partial charge in [0.25, 0.3) is 0 Å². The maximum absolute atomic E-state index is 11.4. The van der Waals surface area contributed by atoms with E-state index < -0.39 is 0 Å². The standard InChI is InChI=1S/C10H20N2O2.ClH/c1-11-5-3-6-12-10(13)8-9-4-2-7-14-9;/h9,11H,2-8H2,1H3,(H,12,13);1H. The van der Waals surface area contributed by atoms with Gasteiger partial charge in [0, 0.05) is 13.2 Å². The Hall–Kier alpha value is -0.320. The van der Waals surface area contributed by atoms with Gasteiger partial charge in [-0.3, -0.25) is 4.79 Å². The van der Waals surface area contributed by atoms with Crippen LogP contribution >= 0.6 is 12.4 Å². The number of rotatable bonds is 6. The van der Waals surface area contributed by atoms with E-state index in [4.69, 9.17) is 4.74 Å². The normalized spacial score (nSPS) is 19.7. The minimum absolute atomic E-state index is 0. The van der Waals surface area contributed by atoms with Crippen LogP contribution in [0.4, 0.5) is 0 Å². The van der Waals surface area contributed by atoms with E-state index in [1.165, 1.54) is 0 Å². The van der Waals surface area contributed by atoms with Gasteiger partial charge in [-0.2, -0.15) is 0 Å². The fraction of sp³-hybridized carbons (Fsp3) is 0.900. The van der Waals surface area contributed by atoms with Crippen LogP contribution in [0.25, 0.3) is 0 Å². The number of halogens is 1. The summed E-state index contributed by atoms with van der Waals surface area (Å²) in [5, 5.41) is 5.92. The van der Waals surface area contributed by atoms with Gasteiger partial charge in [0.15, 0.2) is 0 Å². The van der Waals surface area contributed by atoms with Crippen molar-refractivity contribution in [2.75, 3.05) is 26.7 Å². The summed E-state index contributed by atoms with van der Waals surface area (Å²) in [6.45, 7) is 2.52. The summed E-state index contributed by atoms with van der Waals surface area (Å²) in [4.78, 5) is 11.4. The molecule has 2 N–H and O–H groups in total. The van der Waals surface area contributed by atoms with E-state index in [0.29, 0.717) is 6.42 Å². The number of hydrogen-bond acceptors (Lipinski definition) is 3. The van der Waals surface area contributed by atoms with Crippen LogP contribution < -0.4 is 10.6 Å². The van der Waals surface area contributed by atoms with Gasteiger partial charge in [0.1, 0.15) is 0 Å². The highest BCUT2D eigenvalue weighted by atomic mass is 35.5. The zero-order valence-corrected chi connectivity index (χ0v) is 10.1. The summed E-state index contributed by atoms with van der Waals surface area (Å²) in [6.07, 6.45) is 3.80. The number of carbonyl (C=O) groups excluding carboxylic acids is 1. The Morgan fingerprint density at radius 3 is 2.87 bits per heavy atom. The van der Waals surface area contributed by atoms with Gasteiger partial charge in [0.2, 0.25) is 5.91 Å². The Balaban J connectivity index is 0.00000196. The first-order valence-corrected chi connectivity index (χ1v) is 5.36. The van der Waals surface area contributed by atoms with Crippen molar-refractivity contribution < 1.29 is 9.53 Å². The van der Waals surface area contributed by atoms with E-state index in [9.17, 15) is 4.79 Å². The summed E-state index contributed by atoms with van der Waals surface area (Å²) >= 11 is 0. The first-order chi connectivity index (χ1) is 6.83. The highest BCUT2D eigenvalue weighted by Gasteiger charge is 2.18. The van der Waals surface area contributed by atoms with Crippen molar-refractivity contribution in [1.29, 1.82) is 0 Å². The van der Waals surface area contributed by atoms with E-state index in [0.717, 1.165) is 39.0 Å². The lowest BCUT2D eigenvalue weighted by Gasteiger charge is -2.09. The van der Waals surface area contributed by atoms with Crippen molar-refractivity contribution in [3.05, 3.63) is 0 Å². The SMILES string of the molecule is CNCCCNC(=O)CC1CCCO1.Cl. The van der Waals surface area contributed by atoms with Gasteiger partial charge in [-0.25, -0.2) is 0 Å². The van der Waals surface area contributed by atoms with E-state index in [-0.39, 0.29) is 24.4 Å². The zero-order chi connectivity index (χ0) is 10.2. The lowest BCUT2D eigenvalue weighted by Crippen LogP contribution is -2.29. The highest BCUT2D eigenvalue weighted by molar-refractivity contribution is 5.85. The predicted molar refractivity (Wildman–Crippen MR) is 62.4 cm³/mol. The first-order valence-electron chi connectivity index (χ1n) is 5.36. The quantitative estimate of drug-likeness (QED) is 0.668. The molecule has 1 aliphatic rings. The molecule has 1 amide bonds. The van der Waals surface area contributed by atoms with Crippen molar-refractivity contribution >= 4 is 18.3 Å². The van der Waals surface area contributed by atoms with E-state index in [2.05, 4.69) is 10.6 Å². The molecule has 1 aliphatic heterocycles. The molecule has 1 saturated heterocycles. The molecule has 1 heterocycles. The van der Waals surface area contributed by atoms with Gasteiger partial charge >= 0.3 is 0 Å². The summed E-state index contributed by atoms with van der Waals surface area (Å²) < 4.78 is 5.38. The third kappa shape index (κ3) is 6.71. The molecule has 1 atom stereocenters. The monoisotopic (exact) mass is 236 g/mol. The Morgan fingerprint density at radius 1 is 1.47 bits per heavy atom. The third-order valence-corrected chi connectivity index (χ3v) is 2.36. The van der Waals surface area contributed by atoms with Crippen molar-refractivity contribution in [3.8, 4) is 0 Å². The number of carbonyl (C=O) groups is 1. The number of amides is 1. The topological polar surface area (TPSA) is 50.4 Å². The largest absolute Gasteiger partial charge is 0.378 e. The van der Waals surface area contributed by atoms with Crippen LogP contribution in [0.3, 0.4) is 0 Å². The molecule has 0 aromatic heterocycles. The summed E-state index contributed by atoms with van der Waals surface area (Å²) in [5.74, 6) is 0.119. The average Bonchev–Trinajstić information content (AvgIpc) is 2.65. The minimum atomic E-state index is 0. The lowest BCUT2D eigenvalue weighted by molar-refractivity contribution is -0.123. The molecule has 0 saturated carbocycles. The van der Waals surface area contributed by atoms with E-state index in [1.807, 2.05) is 7.05 Å². The molecule has 0 aliphatic carbocycles. The Bertz CT molecular complexity index is 173. The smallest absolute Gasteiger partial charge is 0.222 e. The lowest BCUT2D eigenvalue weighted by atomic mass is 10.2. The van der Waals surface area contributed by atoms with Crippen molar-refractivity contribution in [3.63, 3.8) is 0 Å². The molecule has 1 fully saturated rings. The number of hydrogen-bond donors (Lipinski definition) is 2. The fourth-order valence-corrected chi connectivity index (χ4v) is 1.58. The average molecular weight is 237 g/mol. The third-order valence-electron chi connectivity index (χ3n) is 2.36. The Morgan fingerprint density at radius 2 is 2.27 bits per heavy atom. The fourth-order valence-electron chi connectivity index (χ4n) is 1.58. The highest BCUT2D eigenvalue weighted by Crippen LogP contribution is 2.14. The molecule has 0 radical (unpaired) electrons. The number of ether oxygens (including phenoxy) is 1. The van der Waals surface area contributed by atoms with Gasteiger partial charge in [0.05, 0.1) is 12.5 Å². The van der Waals surface area contributed by atoms with Crippen LogP contribution in [-0.2, 0) is 9.53 Å². The van der Waals surface area contributed by atoms with Crippen molar-refractivity contribution in [1.82, 2.24) is 10.6 Å². The minimum Gasteiger partial charge on any atom is -0.378 e. The van der Waals surface area contributed by atoms with Crippen molar-refractivity contribution in [2.24, 2.45) is 0 Å². The molecular formula is C10H21ClN2O2. The van der Waals surface area contributed by atoms with E-state index in [1.54, 1.807) is 0 Å². The summed E-state index contributed by atoms with van der Waals surface area (Å²) in [7, 11) is 1.91. The summed E-state index contributed by atoms with van der Waals surface area (Å²) in [5.41, 5.74) is 0. The molecule has 1 rings (SSSR count). The molecular weight excluding hydrogens is 216 g/mol. The van der Waals surface area contributed by atoms with Gasteiger partial charge in [-0.05, 0) is 32.9 Å². The van der Waals surface area contributed by atoms with Crippen molar-refractivity contribution in [2.45, 2.75) is 31.8 Å². The second-order valence-corrected chi connectivity index (χ2v) is 3.65. The molecule has 0 aromatic carbocycles. The van der Waals surface area contributed by atoms with Gasteiger partial charge < -0.3 is 15.4 Å². The molecule has 4 nitrogen and oxygen atoms in total. The molecule has 0 aromatic rings. The van der Waals surface area contributed by atoms with Crippen LogP contribution in [-0.4, -0.2) is 38.8 Å². The molecule has 1 unspecified atom stereocenters. The molecule has 90 valence electrons. The number of nitrogens with one attached hydrogen (secondary N) is 2. The van der Waals surface area contributed by atoms with E-state index >= 15 is 0 Å². The predicted octanol–water partition coefficient (Wildman–Crippen LogP) is 0.703. The molecule has 5 heteroatoms.